The fraction of sp³-hybridized carbons (Fsp3) is 0.571. The summed E-state index contributed by atoms with van der Waals surface area (Å²) >= 11 is 0. The molecule has 0 heterocycles. The van der Waals surface area contributed by atoms with Crippen LogP contribution in [0.4, 0.5) is 5.69 Å². The molecule has 1 aliphatic carbocycles. The molecule has 1 aromatic rings. The molecule has 100 valence electrons. The molecule has 1 saturated carbocycles. The second kappa shape index (κ2) is 5.06. The van der Waals surface area contributed by atoms with Crippen molar-refractivity contribution in [3.05, 3.63) is 17.7 Å². The minimum absolute atomic E-state index is 0.0807. The van der Waals surface area contributed by atoms with E-state index in [0.717, 1.165) is 42.1 Å². The normalized spacial score (nSPS) is 16.2. The standard InChI is InChI=1S/C14H21NO3/c1-10-6-11(17-2)7-12(18-3)13(10)15-8-14(9-16)4-5-14/h6-7,15-16H,4-5,8-9H2,1-3H3. The van der Waals surface area contributed by atoms with Crippen LogP contribution in [-0.4, -0.2) is 32.5 Å². The lowest BCUT2D eigenvalue weighted by Crippen LogP contribution is -2.19. The highest BCUT2D eigenvalue weighted by Crippen LogP contribution is 2.45. The highest BCUT2D eigenvalue weighted by molar-refractivity contribution is 5.64. The zero-order valence-corrected chi connectivity index (χ0v) is 11.2. The molecule has 2 rings (SSSR count). The number of rotatable bonds is 6. The first-order valence-electron chi connectivity index (χ1n) is 6.21. The van der Waals surface area contributed by atoms with Gasteiger partial charge in [-0.1, -0.05) is 0 Å². The van der Waals surface area contributed by atoms with Crippen LogP contribution in [0.2, 0.25) is 0 Å². The van der Waals surface area contributed by atoms with Crippen molar-refractivity contribution in [2.45, 2.75) is 19.8 Å². The highest BCUT2D eigenvalue weighted by Gasteiger charge is 2.41. The number of anilines is 1. The molecule has 18 heavy (non-hydrogen) atoms. The van der Waals surface area contributed by atoms with E-state index in [4.69, 9.17) is 9.47 Å². The molecule has 0 amide bonds. The summed E-state index contributed by atoms with van der Waals surface area (Å²) in [5.74, 6) is 1.57. The first kappa shape index (κ1) is 13.0. The van der Waals surface area contributed by atoms with Gasteiger partial charge in [0.25, 0.3) is 0 Å². The first-order valence-corrected chi connectivity index (χ1v) is 6.21. The zero-order valence-electron chi connectivity index (χ0n) is 11.2. The number of hydrogen-bond donors (Lipinski definition) is 2. The molecule has 1 fully saturated rings. The van der Waals surface area contributed by atoms with Crippen LogP contribution in [-0.2, 0) is 0 Å². The summed E-state index contributed by atoms with van der Waals surface area (Å²) in [6, 6.07) is 3.84. The van der Waals surface area contributed by atoms with Crippen LogP contribution >= 0.6 is 0 Å². The zero-order chi connectivity index (χ0) is 13.2. The van der Waals surface area contributed by atoms with Gasteiger partial charge in [-0.2, -0.15) is 0 Å². The van der Waals surface area contributed by atoms with E-state index in [-0.39, 0.29) is 12.0 Å². The third-order valence-corrected chi connectivity index (χ3v) is 3.66. The smallest absolute Gasteiger partial charge is 0.145 e. The minimum Gasteiger partial charge on any atom is -0.497 e. The molecule has 4 heteroatoms. The van der Waals surface area contributed by atoms with Crippen LogP contribution in [0.15, 0.2) is 12.1 Å². The van der Waals surface area contributed by atoms with Crippen molar-refractivity contribution >= 4 is 5.69 Å². The number of methoxy groups -OCH3 is 2. The molecule has 0 radical (unpaired) electrons. The minimum atomic E-state index is 0.0807. The van der Waals surface area contributed by atoms with E-state index in [1.807, 2.05) is 19.1 Å². The number of ether oxygens (including phenoxy) is 2. The molecular formula is C14H21NO3. The molecule has 4 nitrogen and oxygen atoms in total. The molecular weight excluding hydrogens is 230 g/mol. The van der Waals surface area contributed by atoms with Crippen LogP contribution in [0.5, 0.6) is 11.5 Å². The fourth-order valence-electron chi connectivity index (χ4n) is 2.07. The maximum atomic E-state index is 9.32. The van der Waals surface area contributed by atoms with Crippen LogP contribution in [0.25, 0.3) is 0 Å². The monoisotopic (exact) mass is 251 g/mol. The number of aliphatic hydroxyl groups is 1. The molecule has 0 bridgehead atoms. The largest absolute Gasteiger partial charge is 0.497 e. The van der Waals surface area contributed by atoms with E-state index in [2.05, 4.69) is 5.32 Å². The molecule has 1 aliphatic rings. The fourth-order valence-corrected chi connectivity index (χ4v) is 2.07. The second-order valence-corrected chi connectivity index (χ2v) is 5.03. The van der Waals surface area contributed by atoms with E-state index in [9.17, 15) is 5.11 Å². The van der Waals surface area contributed by atoms with Crippen molar-refractivity contribution in [2.24, 2.45) is 5.41 Å². The number of aliphatic hydroxyl groups excluding tert-OH is 1. The SMILES string of the molecule is COc1cc(C)c(NCC2(CO)CC2)c(OC)c1. The summed E-state index contributed by atoms with van der Waals surface area (Å²) < 4.78 is 10.6. The molecule has 0 aromatic heterocycles. The summed E-state index contributed by atoms with van der Waals surface area (Å²) in [4.78, 5) is 0. The van der Waals surface area contributed by atoms with E-state index < -0.39 is 0 Å². The van der Waals surface area contributed by atoms with Gasteiger partial charge in [0.1, 0.15) is 11.5 Å². The summed E-state index contributed by atoms with van der Waals surface area (Å²) in [6.07, 6.45) is 2.18. The lowest BCUT2D eigenvalue weighted by Gasteiger charge is -2.18. The summed E-state index contributed by atoms with van der Waals surface area (Å²) in [5, 5.41) is 12.7. The van der Waals surface area contributed by atoms with Gasteiger partial charge < -0.3 is 19.9 Å². The predicted octanol–water partition coefficient (Wildman–Crippen LogP) is 2.20. The van der Waals surface area contributed by atoms with Crippen LogP contribution < -0.4 is 14.8 Å². The number of hydrogen-bond acceptors (Lipinski definition) is 4. The molecule has 0 atom stereocenters. The lowest BCUT2D eigenvalue weighted by atomic mass is 10.1. The Hall–Kier alpha value is -1.42. The van der Waals surface area contributed by atoms with Gasteiger partial charge in [0.05, 0.1) is 26.5 Å². The van der Waals surface area contributed by atoms with Gasteiger partial charge in [-0.15, -0.1) is 0 Å². The van der Waals surface area contributed by atoms with E-state index >= 15 is 0 Å². The van der Waals surface area contributed by atoms with Crippen molar-refractivity contribution in [3.8, 4) is 11.5 Å². The second-order valence-electron chi connectivity index (χ2n) is 5.03. The Morgan fingerprint density at radius 2 is 2.00 bits per heavy atom. The topological polar surface area (TPSA) is 50.7 Å². The third-order valence-electron chi connectivity index (χ3n) is 3.66. The number of nitrogens with one attached hydrogen (secondary N) is 1. The molecule has 0 aliphatic heterocycles. The molecule has 0 saturated heterocycles. The summed E-state index contributed by atoms with van der Waals surface area (Å²) in [5.41, 5.74) is 2.15. The van der Waals surface area contributed by atoms with Crippen molar-refractivity contribution in [3.63, 3.8) is 0 Å². The quantitative estimate of drug-likeness (QED) is 0.813. The molecule has 0 spiro atoms. The Kier molecular flexibility index (Phi) is 3.66. The van der Waals surface area contributed by atoms with E-state index in [1.165, 1.54) is 0 Å². The predicted molar refractivity (Wildman–Crippen MR) is 71.5 cm³/mol. The van der Waals surface area contributed by atoms with Crippen molar-refractivity contribution in [1.29, 1.82) is 0 Å². The van der Waals surface area contributed by atoms with Crippen LogP contribution in [0, 0.1) is 12.3 Å². The average Bonchev–Trinajstić information content (AvgIpc) is 3.17. The van der Waals surface area contributed by atoms with Gasteiger partial charge in [0.2, 0.25) is 0 Å². The van der Waals surface area contributed by atoms with Crippen LogP contribution in [0.1, 0.15) is 18.4 Å². The lowest BCUT2D eigenvalue weighted by molar-refractivity contribution is 0.219. The van der Waals surface area contributed by atoms with Gasteiger partial charge in [-0.05, 0) is 31.4 Å². The number of benzene rings is 1. The van der Waals surface area contributed by atoms with E-state index in [1.54, 1.807) is 14.2 Å². The summed E-state index contributed by atoms with van der Waals surface area (Å²) in [7, 11) is 3.30. The summed E-state index contributed by atoms with van der Waals surface area (Å²) in [6.45, 7) is 3.05. The van der Waals surface area contributed by atoms with Crippen molar-refractivity contribution in [2.75, 3.05) is 32.7 Å². The number of aryl methyl sites for hydroxylation is 1. The Bertz CT molecular complexity index is 427. The van der Waals surface area contributed by atoms with Crippen LogP contribution in [0.3, 0.4) is 0 Å². The van der Waals surface area contributed by atoms with Gasteiger partial charge in [0.15, 0.2) is 0 Å². The Labute approximate surface area is 108 Å². The first-order chi connectivity index (χ1) is 8.64. The van der Waals surface area contributed by atoms with Gasteiger partial charge in [-0.25, -0.2) is 0 Å². The van der Waals surface area contributed by atoms with Crippen molar-refractivity contribution < 1.29 is 14.6 Å². The molecule has 1 aromatic carbocycles. The maximum Gasteiger partial charge on any atom is 0.145 e. The van der Waals surface area contributed by atoms with E-state index in [0.29, 0.717) is 0 Å². The highest BCUT2D eigenvalue weighted by atomic mass is 16.5. The van der Waals surface area contributed by atoms with Gasteiger partial charge in [0, 0.05) is 18.0 Å². The molecule has 2 N–H and O–H groups in total. The third kappa shape index (κ3) is 2.53. The van der Waals surface area contributed by atoms with Gasteiger partial charge >= 0.3 is 0 Å². The molecule has 0 unspecified atom stereocenters. The maximum absolute atomic E-state index is 9.32. The Morgan fingerprint density at radius 1 is 1.28 bits per heavy atom. The Morgan fingerprint density at radius 3 is 2.50 bits per heavy atom. The average molecular weight is 251 g/mol. The Balaban J connectivity index is 2.16. The van der Waals surface area contributed by atoms with Crippen molar-refractivity contribution in [1.82, 2.24) is 0 Å². The van der Waals surface area contributed by atoms with Gasteiger partial charge in [-0.3, -0.25) is 0 Å².